The van der Waals surface area contributed by atoms with E-state index in [9.17, 15) is 14.9 Å². The Bertz CT molecular complexity index is 787. The van der Waals surface area contributed by atoms with Gasteiger partial charge in [0.2, 0.25) is 0 Å². The van der Waals surface area contributed by atoms with Crippen LogP contribution in [0.15, 0.2) is 36.4 Å². The predicted molar refractivity (Wildman–Crippen MR) is 90.4 cm³/mol. The maximum absolute atomic E-state index is 11.4. The number of nitrogens with one attached hydrogen (secondary N) is 2. The molecule has 2 N–H and O–H groups in total. The summed E-state index contributed by atoms with van der Waals surface area (Å²) in [5.74, 6) is -0.392. The van der Waals surface area contributed by atoms with Gasteiger partial charge in [-0.25, -0.2) is 4.79 Å². The fourth-order valence-electron chi connectivity index (χ4n) is 2.80. The first-order valence-electron chi connectivity index (χ1n) is 7.55. The van der Waals surface area contributed by atoms with Crippen LogP contribution < -0.4 is 10.6 Å². The minimum Gasteiger partial charge on any atom is -0.465 e. The van der Waals surface area contributed by atoms with E-state index >= 15 is 0 Å². The zero-order valence-electron chi connectivity index (χ0n) is 13.2. The molecular weight excluding hydrogens is 310 g/mol. The summed E-state index contributed by atoms with van der Waals surface area (Å²) < 4.78 is 4.66. The molecule has 3 rings (SSSR count). The zero-order valence-corrected chi connectivity index (χ0v) is 13.2. The van der Waals surface area contributed by atoms with Crippen molar-refractivity contribution in [3.05, 3.63) is 63.2 Å². The number of carbonyl (C=O) groups excluding carboxylic acids is 1. The van der Waals surface area contributed by atoms with E-state index in [1.165, 1.54) is 13.2 Å². The van der Waals surface area contributed by atoms with Crippen molar-refractivity contribution >= 4 is 23.0 Å². The molecule has 2 aromatic rings. The van der Waals surface area contributed by atoms with E-state index in [2.05, 4.69) is 15.4 Å². The first-order chi connectivity index (χ1) is 11.6. The molecule has 7 nitrogen and oxygen atoms in total. The van der Waals surface area contributed by atoms with Crippen molar-refractivity contribution in [2.75, 3.05) is 24.3 Å². The third-order valence-corrected chi connectivity index (χ3v) is 4.02. The number of benzene rings is 2. The second-order valence-electron chi connectivity index (χ2n) is 5.46. The molecular formula is C17H17N3O4. The van der Waals surface area contributed by atoms with Crippen molar-refractivity contribution < 1.29 is 14.5 Å². The number of nitro benzene ring substituents is 1. The molecule has 7 heteroatoms. The third-order valence-electron chi connectivity index (χ3n) is 4.02. The van der Waals surface area contributed by atoms with Crippen LogP contribution in [0.5, 0.6) is 0 Å². The number of carbonyl (C=O) groups is 1. The smallest absolute Gasteiger partial charge is 0.337 e. The zero-order chi connectivity index (χ0) is 17.1. The number of hydrogen-bond acceptors (Lipinski definition) is 6. The maximum atomic E-state index is 11.4. The number of rotatable bonds is 5. The van der Waals surface area contributed by atoms with E-state index in [4.69, 9.17) is 0 Å². The van der Waals surface area contributed by atoms with Crippen molar-refractivity contribution in [2.45, 2.75) is 13.0 Å². The number of nitrogens with zero attached hydrogens (tertiary/aromatic N) is 1. The second kappa shape index (κ2) is 6.57. The summed E-state index contributed by atoms with van der Waals surface area (Å²) in [6.07, 6.45) is 0.751. The molecule has 0 aromatic heterocycles. The van der Waals surface area contributed by atoms with Gasteiger partial charge in [-0.3, -0.25) is 10.1 Å². The molecule has 1 aliphatic rings. The Hall–Kier alpha value is -3.09. The van der Waals surface area contributed by atoms with Crippen LogP contribution in [0.25, 0.3) is 0 Å². The third kappa shape index (κ3) is 3.01. The van der Waals surface area contributed by atoms with Crippen LogP contribution >= 0.6 is 0 Å². The average molecular weight is 327 g/mol. The van der Waals surface area contributed by atoms with E-state index in [0.717, 1.165) is 29.8 Å². The monoisotopic (exact) mass is 327 g/mol. The minimum atomic E-state index is -0.392. The lowest BCUT2D eigenvalue weighted by Crippen LogP contribution is -2.06. The summed E-state index contributed by atoms with van der Waals surface area (Å²) in [5.41, 5.74) is 3.89. The fourth-order valence-corrected chi connectivity index (χ4v) is 2.80. The van der Waals surface area contributed by atoms with Gasteiger partial charge in [0.15, 0.2) is 0 Å². The maximum Gasteiger partial charge on any atom is 0.337 e. The second-order valence-corrected chi connectivity index (χ2v) is 5.46. The van der Waals surface area contributed by atoms with Crippen LogP contribution in [0.2, 0.25) is 0 Å². The van der Waals surface area contributed by atoms with E-state index < -0.39 is 5.97 Å². The standard InChI is InChI=1S/C17H17N3O4/c1-24-17(21)12-4-2-11(3-5-12)10-19-16-13-8-9-18-14(13)6-7-15(16)20(22)23/h2-7,18-19H,8-10H2,1H3. The first kappa shape index (κ1) is 15.8. The molecule has 0 unspecified atom stereocenters. The van der Waals surface area contributed by atoms with E-state index in [0.29, 0.717) is 17.8 Å². The van der Waals surface area contributed by atoms with Crippen molar-refractivity contribution in [2.24, 2.45) is 0 Å². The number of hydrogen-bond donors (Lipinski definition) is 2. The molecule has 0 amide bonds. The lowest BCUT2D eigenvalue weighted by atomic mass is 10.1. The van der Waals surface area contributed by atoms with Gasteiger partial charge in [0.25, 0.3) is 5.69 Å². The largest absolute Gasteiger partial charge is 0.465 e. The summed E-state index contributed by atoms with van der Waals surface area (Å²) in [5, 5.41) is 17.7. The van der Waals surface area contributed by atoms with Crippen molar-refractivity contribution in [3.63, 3.8) is 0 Å². The topological polar surface area (TPSA) is 93.5 Å². The van der Waals surface area contributed by atoms with Crippen molar-refractivity contribution in [1.82, 2.24) is 0 Å². The van der Waals surface area contributed by atoms with E-state index in [1.54, 1.807) is 30.3 Å². The molecule has 1 aliphatic heterocycles. The normalized spacial score (nSPS) is 12.2. The van der Waals surface area contributed by atoms with Crippen LogP contribution in [0.3, 0.4) is 0 Å². The quantitative estimate of drug-likeness (QED) is 0.498. The van der Waals surface area contributed by atoms with Gasteiger partial charge in [0, 0.05) is 30.4 Å². The summed E-state index contributed by atoms with van der Waals surface area (Å²) >= 11 is 0. The van der Waals surface area contributed by atoms with E-state index in [1.807, 2.05) is 0 Å². The number of esters is 1. The summed E-state index contributed by atoms with van der Waals surface area (Å²) in [6.45, 7) is 1.21. The molecule has 0 radical (unpaired) electrons. The van der Waals surface area contributed by atoms with Gasteiger partial charge >= 0.3 is 5.97 Å². The van der Waals surface area contributed by atoms with Gasteiger partial charge in [-0.1, -0.05) is 12.1 Å². The Kier molecular flexibility index (Phi) is 4.33. The number of nitro groups is 1. The lowest BCUT2D eigenvalue weighted by Gasteiger charge is -2.12. The molecule has 0 bridgehead atoms. The summed E-state index contributed by atoms with van der Waals surface area (Å²) in [7, 11) is 1.33. The van der Waals surface area contributed by atoms with Gasteiger partial charge < -0.3 is 15.4 Å². The van der Waals surface area contributed by atoms with Crippen LogP contribution in [-0.2, 0) is 17.7 Å². The van der Waals surface area contributed by atoms with Gasteiger partial charge in [-0.2, -0.15) is 0 Å². The van der Waals surface area contributed by atoms with Crippen LogP contribution in [0.1, 0.15) is 21.5 Å². The number of ether oxygens (including phenoxy) is 1. The minimum absolute atomic E-state index is 0.0728. The van der Waals surface area contributed by atoms with Gasteiger partial charge in [0.05, 0.1) is 17.6 Å². The van der Waals surface area contributed by atoms with Crippen LogP contribution in [0, 0.1) is 10.1 Å². The highest BCUT2D eigenvalue weighted by molar-refractivity contribution is 5.89. The number of anilines is 2. The Morgan fingerprint density at radius 3 is 2.71 bits per heavy atom. The van der Waals surface area contributed by atoms with Gasteiger partial charge in [-0.05, 0) is 30.2 Å². The number of methoxy groups -OCH3 is 1. The molecule has 1 heterocycles. The van der Waals surface area contributed by atoms with Gasteiger partial charge in [0.1, 0.15) is 5.69 Å². The van der Waals surface area contributed by atoms with E-state index in [-0.39, 0.29) is 10.6 Å². The molecule has 0 saturated heterocycles. The predicted octanol–water partition coefficient (Wildman–Crippen LogP) is 2.96. The number of fused-ring (bicyclic) bond motifs is 1. The molecule has 0 aliphatic carbocycles. The highest BCUT2D eigenvalue weighted by atomic mass is 16.6. The highest BCUT2D eigenvalue weighted by Crippen LogP contribution is 2.37. The molecule has 0 atom stereocenters. The molecule has 0 spiro atoms. The Morgan fingerprint density at radius 2 is 2.04 bits per heavy atom. The molecule has 2 aromatic carbocycles. The summed E-state index contributed by atoms with van der Waals surface area (Å²) in [4.78, 5) is 22.3. The SMILES string of the molecule is COC(=O)c1ccc(CNc2c([N+](=O)[O-])ccc3c2CCN3)cc1. The average Bonchev–Trinajstić information content (AvgIpc) is 3.08. The molecule has 0 fully saturated rings. The van der Waals surface area contributed by atoms with Crippen LogP contribution in [-0.4, -0.2) is 24.5 Å². The molecule has 0 saturated carbocycles. The van der Waals surface area contributed by atoms with Crippen molar-refractivity contribution in [3.8, 4) is 0 Å². The van der Waals surface area contributed by atoms with Crippen LogP contribution in [0.4, 0.5) is 17.1 Å². The summed E-state index contributed by atoms with van der Waals surface area (Å²) in [6, 6.07) is 10.2. The van der Waals surface area contributed by atoms with Crippen molar-refractivity contribution in [1.29, 1.82) is 0 Å². The Balaban J connectivity index is 1.81. The molecule has 124 valence electrons. The highest BCUT2D eigenvalue weighted by Gasteiger charge is 2.23. The lowest BCUT2D eigenvalue weighted by molar-refractivity contribution is -0.384. The Labute approximate surface area is 138 Å². The van der Waals surface area contributed by atoms with Gasteiger partial charge in [-0.15, -0.1) is 0 Å². The Morgan fingerprint density at radius 1 is 1.29 bits per heavy atom. The fraction of sp³-hybridized carbons (Fsp3) is 0.235. The first-order valence-corrected chi connectivity index (χ1v) is 7.55. The molecule has 24 heavy (non-hydrogen) atoms.